The van der Waals surface area contributed by atoms with Crippen molar-refractivity contribution in [3.63, 3.8) is 0 Å². The van der Waals surface area contributed by atoms with E-state index in [1.54, 1.807) is 23.7 Å². The predicted molar refractivity (Wildman–Crippen MR) is 94.5 cm³/mol. The number of thioether (sulfide) groups is 1. The van der Waals surface area contributed by atoms with E-state index >= 15 is 0 Å². The number of hydrogen-bond acceptors (Lipinski definition) is 3. The van der Waals surface area contributed by atoms with Crippen LogP contribution in [0.5, 0.6) is 0 Å². The lowest BCUT2D eigenvalue weighted by atomic mass is 10.1. The molecule has 1 aliphatic carbocycles. The highest BCUT2D eigenvalue weighted by atomic mass is 32.2. The van der Waals surface area contributed by atoms with Crippen molar-refractivity contribution < 1.29 is 9.59 Å². The maximum atomic E-state index is 12.9. The number of amides is 2. The number of carbonyl (C=O) groups excluding carboxylic acids is 2. The van der Waals surface area contributed by atoms with Crippen LogP contribution < -0.4 is 4.90 Å². The second-order valence-corrected chi connectivity index (χ2v) is 7.54. The summed E-state index contributed by atoms with van der Waals surface area (Å²) in [6.07, 6.45) is 4.24. The van der Waals surface area contributed by atoms with Crippen molar-refractivity contribution in [2.75, 3.05) is 23.6 Å². The number of hydrogen-bond donors (Lipinski definition) is 0. The molecular formula is C18H24N2O2S. The monoisotopic (exact) mass is 332 g/mol. The molecule has 0 bridgehead atoms. The zero-order chi connectivity index (χ0) is 16.4. The van der Waals surface area contributed by atoms with Crippen LogP contribution in [-0.4, -0.2) is 41.4 Å². The zero-order valence-corrected chi connectivity index (χ0v) is 14.6. The fourth-order valence-corrected chi connectivity index (χ4v) is 4.55. The smallest absolute Gasteiger partial charge is 0.250 e. The Morgan fingerprint density at radius 3 is 2.48 bits per heavy atom. The van der Waals surface area contributed by atoms with Crippen LogP contribution in [0.15, 0.2) is 24.3 Å². The normalized spacial score (nSPS) is 21.7. The topological polar surface area (TPSA) is 40.6 Å². The standard InChI is InChI=1S/C18H24N2O2S/c1-13-7-9-15(10-8-13)19(2)18(22)16-11-23-12-20(16)17(21)14-5-3-4-6-14/h7-10,14,16H,3-6,11-12H2,1-2H3. The van der Waals surface area contributed by atoms with Crippen molar-refractivity contribution >= 4 is 29.3 Å². The molecule has 1 aromatic carbocycles. The maximum Gasteiger partial charge on any atom is 0.250 e. The Kier molecular flexibility index (Phi) is 4.95. The first-order valence-corrected chi connectivity index (χ1v) is 9.46. The quantitative estimate of drug-likeness (QED) is 0.854. The summed E-state index contributed by atoms with van der Waals surface area (Å²) in [5.41, 5.74) is 2.05. The fraction of sp³-hybridized carbons (Fsp3) is 0.556. The minimum absolute atomic E-state index is 0.0187. The highest BCUT2D eigenvalue weighted by Gasteiger charge is 2.39. The van der Waals surface area contributed by atoms with Crippen molar-refractivity contribution in [1.29, 1.82) is 0 Å². The van der Waals surface area contributed by atoms with Crippen molar-refractivity contribution in [2.24, 2.45) is 5.92 Å². The molecule has 2 amide bonds. The van der Waals surface area contributed by atoms with E-state index in [2.05, 4.69) is 0 Å². The van der Waals surface area contributed by atoms with Gasteiger partial charge in [0.1, 0.15) is 6.04 Å². The van der Waals surface area contributed by atoms with Crippen LogP contribution in [0.1, 0.15) is 31.2 Å². The average molecular weight is 332 g/mol. The molecule has 1 saturated carbocycles. The Hall–Kier alpha value is -1.49. The van der Waals surface area contributed by atoms with Gasteiger partial charge in [-0.2, -0.15) is 0 Å². The van der Waals surface area contributed by atoms with Gasteiger partial charge in [-0.3, -0.25) is 9.59 Å². The zero-order valence-electron chi connectivity index (χ0n) is 13.8. The molecule has 124 valence electrons. The number of carbonyl (C=O) groups is 2. The van der Waals surface area contributed by atoms with E-state index in [1.165, 1.54) is 5.56 Å². The molecule has 0 aromatic heterocycles. The van der Waals surface area contributed by atoms with E-state index in [0.717, 1.165) is 31.4 Å². The largest absolute Gasteiger partial charge is 0.320 e. The molecular weight excluding hydrogens is 308 g/mol. The molecule has 1 saturated heterocycles. The number of rotatable bonds is 3. The highest BCUT2D eigenvalue weighted by Crippen LogP contribution is 2.31. The molecule has 1 heterocycles. The van der Waals surface area contributed by atoms with E-state index in [9.17, 15) is 9.59 Å². The van der Waals surface area contributed by atoms with Gasteiger partial charge in [0.15, 0.2) is 0 Å². The Bertz CT molecular complexity index is 581. The third-order valence-electron chi connectivity index (χ3n) is 4.91. The molecule has 1 aliphatic heterocycles. The molecule has 0 radical (unpaired) electrons. The average Bonchev–Trinajstić information content (AvgIpc) is 3.25. The fourth-order valence-electron chi connectivity index (χ4n) is 3.39. The molecule has 3 rings (SSSR count). The number of aryl methyl sites for hydroxylation is 1. The molecule has 1 aromatic rings. The Morgan fingerprint density at radius 1 is 1.17 bits per heavy atom. The molecule has 23 heavy (non-hydrogen) atoms. The summed E-state index contributed by atoms with van der Waals surface area (Å²) in [5, 5.41) is 0. The molecule has 2 aliphatic rings. The van der Waals surface area contributed by atoms with Gasteiger partial charge in [-0.25, -0.2) is 0 Å². The number of nitrogens with zero attached hydrogens (tertiary/aromatic N) is 2. The number of anilines is 1. The number of benzene rings is 1. The van der Waals surface area contributed by atoms with Crippen molar-refractivity contribution in [3.05, 3.63) is 29.8 Å². The van der Waals surface area contributed by atoms with E-state index in [1.807, 2.05) is 36.1 Å². The van der Waals surface area contributed by atoms with Crippen LogP contribution in [-0.2, 0) is 9.59 Å². The highest BCUT2D eigenvalue weighted by molar-refractivity contribution is 7.99. The molecule has 5 heteroatoms. The lowest BCUT2D eigenvalue weighted by Gasteiger charge is -2.29. The van der Waals surface area contributed by atoms with Crippen LogP contribution in [0, 0.1) is 12.8 Å². The van der Waals surface area contributed by atoms with Crippen LogP contribution in [0.2, 0.25) is 0 Å². The van der Waals surface area contributed by atoms with Gasteiger partial charge in [0.2, 0.25) is 11.8 Å². The van der Waals surface area contributed by atoms with E-state index in [4.69, 9.17) is 0 Å². The van der Waals surface area contributed by atoms with Crippen LogP contribution >= 0.6 is 11.8 Å². The Morgan fingerprint density at radius 2 is 1.83 bits per heavy atom. The molecule has 0 spiro atoms. The van der Waals surface area contributed by atoms with Crippen molar-refractivity contribution in [2.45, 2.75) is 38.6 Å². The van der Waals surface area contributed by atoms with Gasteiger partial charge in [0.25, 0.3) is 0 Å². The predicted octanol–water partition coefficient (Wildman–Crippen LogP) is 3.05. The molecule has 1 atom stereocenters. The summed E-state index contributed by atoms with van der Waals surface area (Å²) < 4.78 is 0. The SMILES string of the molecule is Cc1ccc(N(C)C(=O)C2CSCN2C(=O)C2CCCC2)cc1. The van der Waals surface area contributed by atoms with E-state index < -0.39 is 0 Å². The van der Waals surface area contributed by atoms with Crippen LogP contribution in [0.25, 0.3) is 0 Å². The lowest BCUT2D eigenvalue weighted by molar-refractivity contribution is -0.140. The Labute approximate surface area is 142 Å². The van der Waals surface area contributed by atoms with Gasteiger partial charge < -0.3 is 9.80 Å². The summed E-state index contributed by atoms with van der Waals surface area (Å²) in [5.74, 6) is 1.68. The summed E-state index contributed by atoms with van der Waals surface area (Å²) in [4.78, 5) is 29.1. The van der Waals surface area contributed by atoms with Gasteiger partial charge in [0, 0.05) is 24.4 Å². The minimum Gasteiger partial charge on any atom is -0.320 e. The summed E-state index contributed by atoms with van der Waals surface area (Å²) >= 11 is 1.68. The van der Waals surface area contributed by atoms with E-state index in [-0.39, 0.29) is 23.8 Å². The molecule has 0 N–H and O–H groups in total. The van der Waals surface area contributed by atoms with Gasteiger partial charge >= 0.3 is 0 Å². The minimum atomic E-state index is -0.320. The lowest BCUT2D eigenvalue weighted by Crippen LogP contribution is -2.49. The first kappa shape index (κ1) is 16.4. The molecule has 4 nitrogen and oxygen atoms in total. The van der Waals surface area contributed by atoms with Crippen molar-refractivity contribution in [3.8, 4) is 0 Å². The summed E-state index contributed by atoms with van der Waals surface area (Å²) in [6, 6.07) is 7.60. The molecule has 2 fully saturated rings. The van der Waals surface area contributed by atoms with Gasteiger partial charge in [-0.15, -0.1) is 11.8 Å². The second kappa shape index (κ2) is 6.95. The van der Waals surface area contributed by atoms with Gasteiger partial charge in [0.05, 0.1) is 5.88 Å². The van der Waals surface area contributed by atoms with Crippen molar-refractivity contribution in [1.82, 2.24) is 4.90 Å². The Balaban J connectivity index is 1.72. The van der Waals surface area contributed by atoms with E-state index in [0.29, 0.717) is 11.6 Å². The summed E-state index contributed by atoms with van der Waals surface area (Å²) in [6.45, 7) is 2.03. The van der Waals surface area contributed by atoms with Crippen LogP contribution in [0.4, 0.5) is 5.69 Å². The first-order chi connectivity index (χ1) is 11.1. The second-order valence-electron chi connectivity index (χ2n) is 6.54. The molecule has 1 unspecified atom stereocenters. The first-order valence-electron chi connectivity index (χ1n) is 8.30. The summed E-state index contributed by atoms with van der Waals surface area (Å²) in [7, 11) is 1.80. The van der Waals surface area contributed by atoms with Gasteiger partial charge in [-0.1, -0.05) is 30.5 Å². The maximum absolute atomic E-state index is 12.9. The number of likely N-dealkylation sites (N-methyl/N-ethyl adjacent to an activating group) is 1. The van der Waals surface area contributed by atoms with Crippen LogP contribution in [0.3, 0.4) is 0 Å². The third kappa shape index (κ3) is 3.39. The third-order valence-corrected chi connectivity index (χ3v) is 5.92. The van der Waals surface area contributed by atoms with Gasteiger partial charge in [-0.05, 0) is 31.9 Å².